The quantitative estimate of drug-likeness (QED) is 0.278. The number of methoxy groups -OCH3 is 1. The van der Waals surface area contributed by atoms with Crippen molar-refractivity contribution >= 4 is 19.4 Å². The van der Waals surface area contributed by atoms with E-state index in [4.69, 9.17) is 4.74 Å². The summed E-state index contributed by atoms with van der Waals surface area (Å²) >= 11 is 0. The summed E-state index contributed by atoms with van der Waals surface area (Å²) in [6.07, 6.45) is 0.845. The summed E-state index contributed by atoms with van der Waals surface area (Å²) in [6, 6.07) is 5.49. The number of nitrogens with one attached hydrogen (secondary N) is 3. The zero-order chi connectivity index (χ0) is 24.5. The van der Waals surface area contributed by atoms with Crippen LogP contribution in [0.15, 0.2) is 24.3 Å². The highest BCUT2D eigenvalue weighted by molar-refractivity contribution is 7.52. The third kappa shape index (κ3) is 9.69. The minimum absolute atomic E-state index is 0.0246. The molecule has 0 fully saturated rings. The Morgan fingerprint density at radius 2 is 1.53 bits per heavy atom. The van der Waals surface area contributed by atoms with Crippen molar-refractivity contribution in [2.45, 2.75) is 64.8 Å². The van der Waals surface area contributed by atoms with Crippen molar-refractivity contribution in [3.8, 4) is 5.75 Å². The van der Waals surface area contributed by atoms with Crippen molar-refractivity contribution in [1.82, 2.24) is 16.0 Å². The van der Waals surface area contributed by atoms with Gasteiger partial charge >= 0.3 is 7.60 Å². The average molecular weight is 472 g/mol. The van der Waals surface area contributed by atoms with Crippen LogP contribution < -0.4 is 20.7 Å². The molecule has 0 aliphatic carbocycles. The lowest BCUT2D eigenvalue weighted by atomic mass is 10.0. The van der Waals surface area contributed by atoms with E-state index >= 15 is 0 Å². The standard InChI is InChI=1S/C22H38N3O6P/c1-14(2)11-18(24-20(12-15(3)4)32(28,29)30)22(27)25-19(21(26)23-5)13-16-7-9-17(31-6)10-8-16/h7-10,14-15,18-20,24H,11-13H2,1-6H3,(H,23,26)(H,25,27)(H2,28,29,30)/t18?,19-,20?/m0/s1. The van der Waals surface area contributed by atoms with E-state index in [-0.39, 0.29) is 30.6 Å². The molecule has 3 atom stereocenters. The van der Waals surface area contributed by atoms with Gasteiger partial charge < -0.3 is 25.2 Å². The Labute approximate surface area is 190 Å². The van der Waals surface area contributed by atoms with E-state index in [1.54, 1.807) is 19.2 Å². The smallest absolute Gasteiger partial charge is 0.342 e. The Balaban J connectivity index is 3.05. The number of carbonyl (C=O) groups excluding carboxylic acids is 2. The number of hydrogen-bond donors (Lipinski definition) is 5. The molecule has 182 valence electrons. The number of hydrogen-bond acceptors (Lipinski definition) is 5. The maximum absolute atomic E-state index is 13.1. The second-order valence-corrected chi connectivity index (χ2v) is 10.6. The molecule has 0 bridgehead atoms. The lowest BCUT2D eigenvalue weighted by Gasteiger charge is -2.29. The highest BCUT2D eigenvalue weighted by Gasteiger charge is 2.34. The molecule has 2 unspecified atom stereocenters. The van der Waals surface area contributed by atoms with Gasteiger partial charge in [0.15, 0.2) is 0 Å². The fraction of sp³-hybridized carbons (Fsp3) is 0.636. The number of ether oxygens (including phenoxy) is 1. The number of rotatable bonds is 13. The first kappa shape index (κ1) is 28.1. The van der Waals surface area contributed by atoms with Gasteiger partial charge in [-0.25, -0.2) is 0 Å². The molecule has 0 saturated carbocycles. The maximum atomic E-state index is 13.1. The highest BCUT2D eigenvalue weighted by atomic mass is 31.2. The molecular formula is C22H38N3O6P. The zero-order valence-corrected chi connectivity index (χ0v) is 20.7. The van der Waals surface area contributed by atoms with Gasteiger partial charge in [0, 0.05) is 13.5 Å². The lowest BCUT2D eigenvalue weighted by molar-refractivity contribution is -0.130. The fourth-order valence-electron chi connectivity index (χ4n) is 3.36. The second-order valence-electron chi connectivity index (χ2n) is 8.81. The van der Waals surface area contributed by atoms with Gasteiger partial charge in [0.25, 0.3) is 0 Å². The summed E-state index contributed by atoms with van der Waals surface area (Å²) in [5.74, 6) is -1.17. The molecule has 0 aromatic heterocycles. The zero-order valence-electron chi connectivity index (χ0n) is 19.8. The molecule has 0 aliphatic heterocycles. The Morgan fingerprint density at radius 1 is 0.969 bits per heavy atom. The van der Waals surface area contributed by atoms with E-state index in [0.29, 0.717) is 12.2 Å². The van der Waals surface area contributed by atoms with Crippen LogP contribution >= 0.6 is 7.60 Å². The molecule has 0 radical (unpaired) electrons. The summed E-state index contributed by atoms with van der Waals surface area (Å²) in [5, 5.41) is 8.20. The van der Waals surface area contributed by atoms with Crippen molar-refractivity contribution in [2.75, 3.05) is 14.2 Å². The summed E-state index contributed by atoms with van der Waals surface area (Å²) in [4.78, 5) is 45.1. The number of carbonyl (C=O) groups is 2. The van der Waals surface area contributed by atoms with Crippen LogP contribution in [0.2, 0.25) is 0 Å². The second kappa shape index (κ2) is 12.9. The van der Waals surface area contributed by atoms with E-state index < -0.39 is 31.4 Å². The van der Waals surface area contributed by atoms with E-state index in [1.807, 2.05) is 39.8 Å². The summed E-state index contributed by atoms with van der Waals surface area (Å²) in [5.41, 5.74) is 0.834. The Kier molecular flexibility index (Phi) is 11.4. The molecule has 1 aromatic carbocycles. The first-order valence-electron chi connectivity index (χ1n) is 10.8. The normalized spacial score (nSPS) is 14.7. The lowest BCUT2D eigenvalue weighted by Crippen LogP contribution is -2.55. The van der Waals surface area contributed by atoms with Gasteiger partial charge in [-0.1, -0.05) is 39.8 Å². The molecule has 0 heterocycles. The van der Waals surface area contributed by atoms with E-state index in [9.17, 15) is 23.9 Å². The van der Waals surface area contributed by atoms with Crippen LogP contribution in [0.3, 0.4) is 0 Å². The third-order valence-electron chi connectivity index (χ3n) is 5.00. The maximum Gasteiger partial charge on any atom is 0.342 e. The molecule has 0 spiro atoms. The monoisotopic (exact) mass is 471 g/mol. The van der Waals surface area contributed by atoms with Crippen molar-refractivity contribution in [2.24, 2.45) is 11.8 Å². The molecule has 0 saturated heterocycles. The molecule has 1 rings (SSSR count). The molecule has 5 N–H and O–H groups in total. The minimum atomic E-state index is -4.47. The summed E-state index contributed by atoms with van der Waals surface area (Å²) in [7, 11) is -1.41. The molecule has 9 nitrogen and oxygen atoms in total. The van der Waals surface area contributed by atoms with Crippen LogP contribution in [0.25, 0.3) is 0 Å². The van der Waals surface area contributed by atoms with Crippen LogP contribution in [0, 0.1) is 11.8 Å². The largest absolute Gasteiger partial charge is 0.497 e. The van der Waals surface area contributed by atoms with Crippen LogP contribution in [0.4, 0.5) is 0 Å². The topological polar surface area (TPSA) is 137 Å². The first-order chi connectivity index (χ1) is 14.9. The van der Waals surface area contributed by atoms with Gasteiger partial charge in [-0.05, 0) is 42.4 Å². The van der Waals surface area contributed by atoms with E-state index in [1.165, 1.54) is 7.05 Å². The first-order valence-corrected chi connectivity index (χ1v) is 12.5. The Hall–Kier alpha value is -1.93. The molecular weight excluding hydrogens is 433 g/mol. The van der Waals surface area contributed by atoms with Gasteiger partial charge in [-0.15, -0.1) is 0 Å². The summed E-state index contributed by atoms with van der Waals surface area (Å²) < 4.78 is 17.2. The molecule has 2 amide bonds. The van der Waals surface area contributed by atoms with Gasteiger partial charge in [0.05, 0.1) is 13.2 Å². The molecule has 10 heteroatoms. The van der Waals surface area contributed by atoms with Crippen molar-refractivity contribution in [3.63, 3.8) is 0 Å². The molecule has 1 aromatic rings. The van der Waals surface area contributed by atoms with Gasteiger partial charge in [-0.2, -0.15) is 0 Å². The number of benzene rings is 1. The van der Waals surface area contributed by atoms with Crippen molar-refractivity contribution < 1.29 is 28.7 Å². The summed E-state index contributed by atoms with van der Waals surface area (Å²) in [6.45, 7) is 7.56. The van der Waals surface area contributed by atoms with Crippen molar-refractivity contribution in [1.29, 1.82) is 0 Å². The van der Waals surface area contributed by atoms with Gasteiger partial charge in [0.2, 0.25) is 11.8 Å². The average Bonchev–Trinajstić information content (AvgIpc) is 2.70. The van der Waals surface area contributed by atoms with E-state index in [0.717, 1.165) is 5.56 Å². The Morgan fingerprint density at radius 3 is 1.97 bits per heavy atom. The van der Waals surface area contributed by atoms with Crippen LogP contribution in [0.1, 0.15) is 46.1 Å². The predicted molar refractivity (Wildman–Crippen MR) is 124 cm³/mol. The van der Waals surface area contributed by atoms with Crippen LogP contribution in [-0.2, 0) is 20.6 Å². The number of amides is 2. The van der Waals surface area contributed by atoms with Gasteiger partial charge in [0.1, 0.15) is 17.6 Å². The van der Waals surface area contributed by atoms with Gasteiger partial charge in [-0.3, -0.25) is 19.5 Å². The van der Waals surface area contributed by atoms with Crippen LogP contribution in [-0.4, -0.2) is 53.6 Å². The Bertz CT molecular complexity index is 778. The predicted octanol–water partition coefficient (Wildman–Crippen LogP) is 2.02. The molecule has 32 heavy (non-hydrogen) atoms. The minimum Gasteiger partial charge on any atom is -0.497 e. The molecule has 0 aliphatic rings. The van der Waals surface area contributed by atoms with E-state index in [2.05, 4.69) is 16.0 Å². The van der Waals surface area contributed by atoms with Crippen molar-refractivity contribution in [3.05, 3.63) is 29.8 Å². The fourth-order valence-corrected chi connectivity index (χ4v) is 4.43. The van der Waals surface area contributed by atoms with Crippen LogP contribution in [0.5, 0.6) is 5.75 Å². The SMILES string of the molecule is CNC(=O)[C@H](Cc1ccc(OC)cc1)NC(=O)C(CC(C)C)NC(CC(C)C)P(=O)(O)O. The highest BCUT2D eigenvalue weighted by Crippen LogP contribution is 2.43. The third-order valence-corrected chi connectivity index (χ3v) is 6.17. The number of likely N-dealkylation sites (N-methyl/N-ethyl adjacent to an activating group) is 1.